The van der Waals surface area contributed by atoms with Crippen LogP contribution in [-0.2, 0) is 4.79 Å². The average Bonchev–Trinajstić information content (AvgIpc) is 2.35. The SMILES string of the molecule is O=C(O)CCCNC(=O)N1CC(c2ccc(Cl)cc2)C1. The fourth-order valence-electron chi connectivity index (χ4n) is 2.14. The van der Waals surface area contributed by atoms with Crippen LogP contribution in [0.25, 0.3) is 0 Å². The minimum Gasteiger partial charge on any atom is -0.481 e. The number of carboxylic acid groups (broad SMARTS) is 1. The zero-order chi connectivity index (χ0) is 14.5. The number of amides is 2. The van der Waals surface area contributed by atoms with Gasteiger partial charge in [0.25, 0.3) is 0 Å². The highest BCUT2D eigenvalue weighted by molar-refractivity contribution is 6.30. The van der Waals surface area contributed by atoms with Crippen LogP contribution in [0, 0.1) is 0 Å². The Hall–Kier alpha value is -1.75. The van der Waals surface area contributed by atoms with Crippen LogP contribution < -0.4 is 5.32 Å². The van der Waals surface area contributed by atoms with E-state index in [4.69, 9.17) is 16.7 Å². The molecule has 1 aliphatic heterocycles. The number of carbonyl (C=O) groups excluding carboxylic acids is 1. The third kappa shape index (κ3) is 3.87. The van der Waals surface area contributed by atoms with Crippen LogP contribution in [0.15, 0.2) is 24.3 Å². The van der Waals surface area contributed by atoms with Gasteiger partial charge < -0.3 is 15.3 Å². The summed E-state index contributed by atoms with van der Waals surface area (Å²) in [5.74, 6) is -0.483. The van der Waals surface area contributed by atoms with E-state index in [-0.39, 0.29) is 12.5 Å². The highest BCUT2D eigenvalue weighted by atomic mass is 35.5. The molecule has 0 unspecified atom stereocenters. The van der Waals surface area contributed by atoms with Crippen LogP contribution in [0.5, 0.6) is 0 Å². The summed E-state index contributed by atoms with van der Waals surface area (Å²) in [6, 6.07) is 7.54. The first-order valence-electron chi connectivity index (χ1n) is 6.56. The molecule has 2 rings (SSSR count). The smallest absolute Gasteiger partial charge is 0.317 e. The van der Waals surface area contributed by atoms with E-state index >= 15 is 0 Å². The molecule has 5 nitrogen and oxygen atoms in total. The van der Waals surface area contributed by atoms with E-state index in [2.05, 4.69) is 5.32 Å². The van der Waals surface area contributed by atoms with Crippen LogP contribution in [0.2, 0.25) is 5.02 Å². The fraction of sp³-hybridized carbons (Fsp3) is 0.429. The number of urea groups is 1. The molecular formula is C14H17ClN2O3. The zero-order valence-electron chi connectivity index (χ0n) is 11.0. The Morgan fingerprint density at radius 1 is 1.30 bits per heavy atom. The molecule has 1 heterocycles. The molecule has 2 amide bonds. The molecule has 1 saturated heterocycles. The summed E-state index contributed by atoms with van der Waals surface area (Å²) in [5, 5.41) is 11.9. The molecule has 0 spiro atoms. The number of nitrogens with one attached hydrogen (secondary N) is 1. The second kappa shape index (κ2) is 6.61. The van der Waals surface area contributed by atoms with E-state index in [9.17, 15) is 9.59 Å². The van der Waals surface area contributed by atoms with Crippen molar-refractivity contribution in [2.75, 3.05) is 19.6 Å². The highest BCUT2D eigenvalue weighted by Gasteiger charge is 2.31. The Morgan fingerprint density at radius 2 is 1.95 bits per heavy atom. The molecule has 0 saturated carbocycles. The van der Waals surface area contributed by atoms with E-state index in [0.29, 0.717) is 37.0 Å². The van der Waals surface area contributed by atoms with Crippen molar-refractivity contribution in [3.8, 4) is 0 Å². The van der Waals surface area contributed by atoms with Crippen molar-refractivity contribution < 1.29 is 14.7 Å². The Kier molecular flexibility index (Phi) is 4.84. The van der Waals surface area contributed by atoms with Gasteiger partial charge in [0.15, 0.2) is 0 Å². The van der Waals surface area contributed by atoms with Gasteiger partial charge in [-0.25, -0.2) is 4.79 Å². The standard InChI is InChI=1S/C14H17ClN2O3/c15-12-5-3-10(4-6-12)11-8-17(9-11)14(20)16-7-1-2-13(18)19/h3-6,11H,1-2,7-9H2,(H,16,20)(H,18,19). The van der Waals surface area contributed by atoms with Gasteiger partial charge in [0.1, 0.15) is 0 Å². The summed E-state index contributed by atoms with van der Waals surface area (Å²) >= 11 is 5.83. The number of carboxylic acids is 1. The number of benzene rings is 1. The highest BCUT2D eigenvalue weighted by Crippen LogP contribution is 2.27. The van der Waals surface area contributed by atoms with Gasteiger partial charge in [0, 0.05) is 37.0 Å². The van der Waals surface area contributed by atoms with Crippen molar-refractivity contribution in [2.45, 2.75) is 18.8 Å². The van der Waals surface area contributed by atoms with Gasteiger partial charge in [0.2, 0.25) is 0 Å². The average molecular weight is 297 g/mol. The van der Waals surface area contributed by atoms with Crippen molar-refractivity contribution in [2.24, 2.45) is 0 Å². The number of likely N-dealkylation sites (tertiary alicyclic amines) is 1. The van der Waals surface area contributed by atoms with Crippen LogP contribution in [-0.4, -0.2) is 41.6 Å². The zero-order valence-corrected chi connectivity index (χ0v) is 11.8. The van der Waals surface area contributed by atoms with Crippen molar-refractivity contribution in [3.63, 3.8) is 0 Å². The van der Waals surface area contributed by atoms with Gasteiger partial charge in [-0.2, -0.15) is 0 Å². The molecule has 0 bridgehead atoms. The number of halogens is 1. The van der Waals surface area contributed by atoms with Crippen molar-refractivity contribution >= 4 is 23.6 Å². The van der Waals surface area contributed by atoms with Gasteiger partial charge in [-0.1, -0.05) is 23.7 Å². The second-order valence-corrected chi connectivity index (χ2v) is 5.32. The number of nitrogens with zero attached hydrogens (tertiary/aromatic N) is 1. The summed E-state index contributed by atoms with van der Waals surface area (Å²) in [7, 11) is 0. The minimum absolute atomic E-state index is 0.0771. The number of aliphatic carboxylic acids is 1. The topological polar surface area (TPSA) is 69.6 Å². The predicted molar refractivity (Wildman–Crippen MR) is 76.0 cm³/mol. The maximum Gasteiger partial charge on any atom is 0.317 e. The first-order chi connectivity index (χ1) is 9.56. The maximum absolute atomic E-state index is 11.7. The fourth-order valence-corrected chi connectivity index (χ4v) is 2.26. The first kappa shape index (κ1) is 14.7. The van der Waals surface area contributed by atoms with E-state index in [1.807, 2.05) is 24.3 Å². The number of hydrogen-bond donors (Lipinski definition) is 2. The molecule has 6 heteroatoms. The van der Waals surface area contributed by atoms with Gasteiger partial charge in [-0.3, -0.25) is 4.79 Å². The normalized spacial score (nSPS) is 14.8. The monoisotopic (exact) mass is 296 g/mol. The van der Waals surface area contributed by atoms with Crippen LogP contribution >= 0.6 is 11.6 Å². The molecular weight excluding hydrogens is 280 g/mol. The molecule has 0 atom stereocenters. The molecule has 1 aliphatic rings. The molecule has 108 valence electrons. The molecule has 2 N–H and O–H groups in total. The quantitative estimate of drug-likeness (QED) is 0.819. The number of hydrogen-bond acceptors (Lipinski definition) is 2. The van der Waals surface area contributed by atoms with Gasteiger partial charge in [0.05, 0.1) is 0 Å². The minimum atomic E-state index is -0.842. The Labute approximate surface area is 122 Å². The van der Waals surface area contributed by atoms with Crippen LogP contribution in [0.3, 0.4) is 0 Å². The van der Waals surface area contributed by atoms with Gasteiger partial charge in [-0.15, -0.1) is 0 Å². The molecule has 1 aromatic carbocycles. The Balaban J connectivity index is 1.69. The lowest BCUT2D eigenvalue weighted by atomic mass is 9.92. The summed E-state index contributed by atoms with van der Waals surface area (Å²) in [5.41, 5.74) is 1.18. The summed E-state index contributed by atoms with van der Waals surface area (Å²) < 4.78 is 0. The lowest BCUT2D eigenvalue weighted by Crippen LogP contribution is -2.52. The van der Waals surface area contributed by atoms with Gasteiger partial charge >= 0.3 is 12.0 Å². The van der Waals surface area contributed by atoms with E-state index < -0.39 is 5.97 Å². The van der Waals surface area contributed by atoms with E-state index in [1.54, 1.807) is 4.90 Å². The first-order valence-corrected chi connectivity index (χ1v) is 6.94. The molecule has 1 fully saturated rings. The maximum atomic E-state index is 11.7. The third-order valence-corrected chi connectivity index (χ3v) is 3.61. The summed E-state index contributed by atoms with van der Waals surface area (Å²) in [6.45, 7) is 1.77. The molecule has 1 aromatic rings. The van der Waals surface area contributed by atoms with Gasteiger partial charge in [-0.05, 0) is 24.1 Å². The molecule has 0 aromatic heterocycles. The summed E-state index contributed by atoms with van der Waals surface area (Å²) in [6.07, 6.45) is 0.531. The Bertz CT molecular complexity index is 484. The third-order valence-electron chi connectivity index (χ3n) is 3.35. The van der Waals surface area contributed by atoms with E-state index in [0.717, 1.165) is 0 Å². The molecule has 0 aliphatic carbocycles. The predicted octanol–water partition coefficient (Wildman–Crippen LogP) is 2.31. The molecule has 20 heavy (non-hydrogen) atoms. The summed E-state index contributed by atoms with van der Waals surface area (Å²) in [4.78, 5) is 23.8. The number of carbonyl (C=O) groups is 2. The van der Waals surface area contributed by atoms with Crippen LogP contribution in [0.1, 0.15) is 24.3 Å². The lowest BCUT2D eigenvalue weighted by molar-refractivity contribution is -0.137. The van der Waals surface area contributed by atoms with Crippen molar-refractivity contribution in [3.05, 3.63) is 34.9 Å². The Morgan fingerprint density at radius 3 is 2.55 bits per heavy atom. The van der Waals surface area contributed by atoms with Crippen molar-refractivity contribution in [1.82, 2.24) is 10.2 Å². The number of rotatable bonds is 5. The van der Waals surface area contributed by atoms with E-state index in [1.165, 1.54) is 5.56 Å². The largest absolute Gasteiger partial charge is 0.481 e. The van der Waals surface area contributed by atoms with Crippen molar-refractivity contribution in [1.29, 1.82) is 0 Å². The lowest BCUT2D eigenvalue weighted by Gasteiger charge is -2.39. The second-order valence-electron chi connectivity index (χ2n) is 4.88. The molecule has 0 radical (unpaired) electrons. The van der Waals surface area contributed by atoms with Crippen LogP contribution in [0.4, 0.5) is 4.79 Å².